The van der Waals surface area contributed by atoms with E-state index >= 15 is 0 Å². The molecular formula is C15H31N3O. The van der Waals surface area contributed by atoms with Gasteiger partial charge < -0.3 is 10.1 Å². The van der Waals surface area contributed by atoms with E-state index in [0.717, 1.165) is 19.6 Å². The summed E-state index contributed by atoms with van der Waals surface area (Å²) >= 11 is 0. The molecule has 2 rings (SSSR count). The minimum atomic E-state index is 0.444. The summed E-state index contributed by atoms with van der Waals surface area (Å²) < 4.78 is 6.14. The summed E-state index contributed by atoms with van der Waals surface area (Å²) in [5.41, 5.74) is 0. The molecule has 2 fully saturated rings. The van der Waals surface area contributed by atoms with Gasteiger partial charge in [-0.05, 0) is 32.9 Å². The monoisotopic (exact) mass is 269 g/mol. The van der Waals surface area contributed by atoms with Crippen LogP contribution in [0.25, 0.3) is 0 Å². The first-order valence-electron chi connectivity index (χ1n) is 8.05. The molecule has 19 heavy (non-hydrogen) atoms. The first-order valence-corrected chi connectivity index (χ1v) is 8.05. The lowest BCUT2D eigenvalue weighted by atomic mass is 10.1. The summed E-state index contributed by atoms with van der Waals surface area (Å²) in [6.07, 6.45) is 3.36. The second kappa shape index (κ2) is 7.58. The largest absolute Gasteiger partial charge is 0.372 e. The number of nitrogens with one attached hydrogen (secondary N) is 1. The predicted molar refractivity (Wildman–Crippen MR) is 79.6 cm³/mol. The molecule has 0 spiro atoms. The van der Waals surface area contributed by atoms with Crippen LogP contribution in [-0.4, -0.2) is 73.9 Å². The molecule has 2 saturated heterocycles. The van der Waals surface area contributed by atoms with Gasteiger partial charge in [-0.1, -0.05) is 13.8 Å². The molecule has 0 aromatic rings. The highest BCUT2D eigenvalue weighted by Gasteiger charge is 2.29. The second-order valence-electron chi connectivity index (χ2n) is 6.00. The van der Waals surface area contributed by atoms with Gasteiger partial charge >= 0.3 is 0 Å². The lowest BCUT2D eigenvalue weighted by Gasteiger charge is -2.40. The van der Waals surface area contributed by atoms with Crippen molar-refractivity contribution < 1.29 is 4.74 Å². The van der Waals surface area contributed by atoms with Gasteiger partial charge in [0.05, 0.1) is 12.2 Å². The molecular weight excluding hydrogens is 238 g/mol. The van der Waals surface area contributed by atoms with E-state index in [-0.39, 0.29) is 0 Å². The average molecular weight is 269 g/mol. The Labute approximate surface area is 118 Å². The zero-order valence-corrected chi connectivity index (χ0v) is 12.9. The van der Waals surface area contributed by atoms with Crippen LogP contribution < -0.4 is 5.32 Å². The van der Waals surface area contributed by atoms with E-state index in [2.05, 4.69) is 35.9 Å². The third-order valence-corrected chi connectivity index (χ3v) is 4.53. The van der Waals surface area contributed by atoms with Crippen LogP contribution in [0.4, 0.5) is 0 Å². The van der Waals surface area contributed by atoms with Crippen molar-refractivity contribution in [3.05, 3.63) is 0 Å². The summed E-state index contributed by atoms with van der Waals surface area (Å²) in [5, 5.41) is 3.39. The summed E-state index contributed by atoms with van der Waals surface area (Å²) in [5.74, 6) is 0. The fraction of sp³-hybridized carbons (Fsp3) is 1.00. The Hall–Kier alpha value is -0.160. The maximum atomic E-state index is 6.14. The Morgan fingerprint density at radius 1 is 1.16 bits per heavy atom. The van der Waals surface area contributed by atoms with Crippen LogP contribution in [0.3, 0.4) is 0 Å². The minimum absolute atomic E-state index is 0.444. The Morgan fingerprint density at radius 2 is 1.95 bits per heavy atom. The van der Waals surface area contributed by atoms with Gasteiger partial charge in [-0.2, -0.15) is 0 Å². The van der Waals surface area contributed by atoms with Gasteiger partial charge in [0.1, 0.15) is 0 Å². The molecule has 3 atom stereocenters. The van der Waals surface area contributed by atoms with E-state index in [0.29, 0.717) is 18.2 Å². The number of ether oxygens (including phenoxy) is 1. The zero-order valence-electron chi connectivity index (χ0n) is 12.9. The van der Waals surface area contributed by atoms with E-state index in [1.165, 1.54) is 39.0 Å². The van der Waals surface area contributed by atoms with Crippen molar-refractivity contribution in [3.63, 3.8) is 0 Å². The van der Waals surface area contributed by atoms with E-state index in [4.69, 9.17) is 4.74 Å². The van der Waals surface area contributed by atoms with Crippen LogP contribution in [0.1, 0.15) is 33.6 Å². The van der Waals surface area contributed by atoms with Gasteiger partial charge in [-0.25, -0.2) is 0 Å². The Morgan fingerprint density at radius 3 is 2.63 bits per heavy atom. The molecule has 0 aromatic heterocycles. The van der Waals surface area contributed by atoms with Crippen molar-refractivity contribution in [2.45, 2.75) is 51.9 Å². The third-order valence-electron chi connectivity index (χ3n) is 4.53. The number of rotatable bonds is 6. The van der Waals surface area contributed by atoms with Crippen LogP contribution in [0, 0.1) is 0 Å². The quantitative estimate of drug-likeness (QED) is 0.783. The normalized spacial score (nSPS) is 33.9. The number of nitrogens with zero attached hydrogens (tertiary/aromatic N) is 2. The van der Waals surface area contributed by atoms with Crippen LogP contribution >= 0.6 is 0 Å². The fourth-order valence-corrected chi connectivity index (χ4v) is 3.36. The SMILES string of the molecule is CCNCC1CCC(CN2CCN(CC)C(C)C2)O1. The zero-order chi connectivity index (χ0) is 13.7. The van der Waals surface area contributed by atoms with Crippen molar-refractivity contribution in [2.24, 2.45) is 0 Å². The molecule has 0 aromatic carbocycles. The van der Waals surface area contributed by atoms with Crippen LogP contribution in [0.5, 0.6) is 0 Å². The maximum absolute atomic E-state index is 6.14. The van der Waals surface area contributed by atoms with Crippen molar-refractivity contribution in [3.8, 4) is 0 Å². The number of hydrogen-bond acceptors (Lipinski definition) is 4. The second-order valence-corrected chi connectivity index (χ2v) is 6.00. The Kier molecular flexibility index (Phi) is 6.07. The molecule has 0 amide bonds. The lowest BCUT2D eigenvalue weighted by Crippen LogP contribution is -2.53. The molecule has 4 nitrogen and oxygen atoms in total. The van der Waals surface area contributed by atoms with Gasteiger partial charge in [0.25, 0.3) is 0 Å². The topological polar surface area (TPSA) is 27.7 Å². The highest BCUT2D eigenvalue weighted by atomic mass is 16.5. The number of likely N-dealkylation sites (N-methyl/N-ethyl adjacent to an activating group) is 2. The number of piperazine rings is 1. The highest BCUT2D eigenvalue weighted by molar-refractivity contribution is 4.83. The smallest absolute Gasteiger partial charge is 0.0707 e. The van der Waals surface area contributed by atoms with Gasteiger partial charge in [0, 0.05) is 38.8 Å². The molecule has 3 unspecified atom stereocenters. The standard InChI is InChI=1S/C15H31N3O/c1-4-16-10-14-6-7-15(19-14)12-17-8-9-18(5-2)13(3)11-17/h13-16H,4-12H2,1-3H3. The van der Waals surface area contributed by atoms with Gasteiger partial charge in [-0.3, -0.25) is 9.80 Å². The highest BCUT2D eigenvalue weighted by Crippen LogP contribution is 2.21. The summed E-state index contributed by atoms with van der Waals surface area (Å²) in [6.45, 7) is 14.8. The molecule has 0 saturated carbocycles. The molecule has 0 bridgehead atoms. The Bertz CT molecular complexity index is 262. The molecule has 4 heteroatoms. The van der Waals surface area contributed by atoms with E-state index < -0.39 is 0 Å². The molecule has 0 aliphatic carbocycles. The van der Waals surface area contributed by atoms with Gasteiger partial charge in [0.15, 0.2) is 0 Å². The molecule has 0 radical (unpaired) electrons. The van der Waals surface area contributed by atoms with Crippen molar-refractivity contribution in [1.82, 2.24) is 15.1 Å². The molecule has 112 valence electrons. The van der Waals surface area contributed by atoms with Crippen LogP contribution in [0.15, 0.2) is 0 Å². The van der Waals surface area contributed by atoms with Crippen LogP contribution in [-0.2, 0) is 4.74 Å². The summed E-state index contributed by atoms with van der Waals surface area (Å²) in [4.78, 5) is 5.16. The molecule has 2 heterocycles. The predicted octanol–water partition coefficient (Wildman–Crippen LogP) is 1.17. The summed E-state index contributed by atoms with van der Waals surface area (Å²) in [7, 11) is 0. The van der Waals surface area contributed by atoms with Crippen molar-refractivity contribution >= 4 is 0 Å². The molecule has 2 aliphatic heterocycles. The first-order chi connectivity index (χ1) is 9.22. The van der Waals surface area contributed by atoms with Gasteiger partial charge in [0.2, 0.25) is 0 Å². The van der Waals surface area contributed by atoms with E-state index in [9.17, 15) is 0 Å². The van der Waals surface area contributed by atoms with Crippen molar-refractivity contribution in [2.75, 3.05) is 45.8 Å². The fourth-order valence-electron chi connectivity index (χ4n) is 3.36. The lowest BCUT2D eigenvalue weighted by molar-refractivity contribution is 0.00432. The molecule has 2 aliphatic rings. The van der Waals surface area contributed by atoms with E-state index in [1.807, 2.05) is 0 Å². The Balaban J connectivity index is 1.68. The number of hydrogen-bond donors (Lipinski definition) is 1. The maximum Gasteiger partial charge on any atom is 0.0707 e. The molecule has 1 N–H and O–H groups in total. The first kappa shape index (κ1) is 15.2. The van der Waals surface area contributed by atoms with Crippen LogP contribution in [0.2, 0.25) is 0 Å². The minimum Gasteiger partial charge on any atom is -0.372 e. The van der Waals surface area contributed by atoms with Gasteiger partial charge in [-0.15, -0.1) is 0 Å². The van der Waals surface area contributed by atoms with E-state index in [1.54, 1.807) is 0 Å². The third kappa shape index (κ3) is 4.42. The summed E-state index contributed by atoms with van der Waals surface area (Å²) in [6, 6.07) is 0.692. The van der Waals surface area contributed by atoms with Crippen molar-refractivity contribution in [1.29, 1.82) is 0 Å². The average Bonchev–Trinajstić information content (AvgIpc) is 2.84.